The van der Waals surface area contributed by atoms with Gasteiger partial charge in [0.2, 0.25) is 0 Å². The molecule has 0 heterocycles. The summed E-state index contributed by atoms with van der Waals surface area (Å²) in [5.41, 5.74) is 0.563. The molecule has 4 unspecified atom stereocenters. The molecule has 0 amide bonds. The highest BCUT2D eigenvalue weighted by atomic mass is 16.3. The largest absolute Gasteiger partial charge is 0.393 e. The zero-order valence-corrected chi connectivity index (χ0v) is 15.7. The van der Waals surface area contributed by atoms with Gasteiger partial charge in [-0.15, -0.1) is 0 Å². The number of aliphatic hydroxyl groups excluding tert-OH is 1. The Morgan fingerprint density at radius 2 is 1.30 bits per heavy atom. The Morgan fingerprint density at radius 1 is 0.850 bits per heavy atom. The summed E-state index contributed by atoms with van der Waals surface area (Å²) in [7, 11) is 0. The summed E-state index contributed by atoms with van der Waals surface area (Å²) >= 11 is 0. The van der Waals surface area contributed by atoms with Gasteiger partial charge in [-0.25, -0.2) is 0 Å². The lowest BCUT2D eigenvalue weighted by Crippen LogP contribution is -2.47. The van der Waals surface area contributed by atoms with Crippen LogP contribution in [0.2, 0.25) is 0 Å². The van der Waals surface area contributed by atoms with Crippen molar-refractivity contribution in [2.24, 2.45) is 34.5 Å². The van der Waals surface area contributed by atoms with Crippen molar-refractivity contribution < 1.29 is 5.11 Å². The molecule has 1 saturated carbocycles. The molecular formula is C19H40O. The zero-order chi connectivity index (χ0) is 16.3. The van der Waals surface area contributed by atoms with Crippen molar-refractivity contribution in [1.82, 2.24) is 0 Å². The lowest BCUT2D eigenvalue weighted by Gasteiger charge is -2.50. The smallest absolute Gasteiger partial charge is 0.0604 e. The van der Waals surface area contributed by atoms with E-state index in [0.29, 0.717) is 23.2 Å². The number of aliphatic hydroxyl groups is 1. The number of hydrogen-bond acceptors (Lipinski definition) is 1. The fourth-order valence-electron chi connectivity index (χ4n) is 3.55. The van der Waals surface area contributed by atoms with E-state index in [1.807, 2.05) is 13.8 Å². The molecule has 4 atom stereocenters. The Kier molecular flexibility index (Phi) is 7.28. The van der Waals surface area contributed by atoms with Crippen LogP contribution >= 0.6 is 0 Å². The first-order valence-corrected chi connectivity index (χ1v) is 8.62. The quantitative estimate of drug-likeness (QED) is 0.648. The van der Waals surface area contributed by atoms with Gasteiger partial charge < -0.3 is 5.11 Å². The van der Waals surface area contributed by atoms with E-state index in [1.54, 1.807) is 0 Å². The van der Waals surface area contributed by atoms with Crippen LogP contribution in [0.15, 0.2) is 0 Å². The molecule has 20 heavy (non-hydrogen) atoms. The van der Waals surface area contributed by atoms with Crippen LogP contribution in [0, 0.1) is 34.5 Å². The molecule has 1 fully saturated rings. The van der Waals surface area contributed by atoms with Gasteiger partial charge in [-0.2, -0.15) is 0 Å². The third-order valence-corrected chi connectivity index (χ3v) is 5.14. The van der Waals surface area contributed by atoms with Crippen LogP contribution in [-0.2, 0) is 0 Å². The summed E-state index contributed by atoms with van der Waals surface area (Å²) in [5, 5.41) is 10.7. The second-order valence-corrected chi connectivity index (χ2v) is 8.91. The van der Waals surface area contributed by atoms with Crippen LogP contribution in [0.5, 0.6) is 0 Å². The van der Waals surface area contributed by atoms with Gasteiger partial charge >= 0.3 is 0 Å². The van der Waals surface area contributed by atoms with Crippen LogP contribution < -0.4 is 0 Å². The van der Waals surface area contributed by atoms with E-state index >= 15 is 0 Å². The van der Waals surface area contributed by atoms with Crippen LogP contribution in [0.4, 0.5) is 0 Å². The van der Waals surface area contributed by atoms with Crippen molar-refractivity contribution in [3.8, 4) is 0 Å². The minimum Gasteiger partial charge on any atom is -0.393 e. The Labute approximate surface area is 128 Å². The molecule has 122 valence electrons. The third-order valence-electron chi connectivity index (χ3n) is 5.14. The first-order chi connectivity index (χ1) is 8.94. The van der Waals surface area contributed by atoms with Crippen molar-refractivity contribution in [3.05, 3.63) is 0 Å². The van der Waals surface area contributed by atoms with E-state index in [9.17, 15) is 5.11 Å². The van der Waals surface area contributed by atoms with Gasteiger partial charge in [-0.1, -0.05) is 69.2 Å². The number of hydrogen-bond donors (Lipinski definition) is 1. The average molecular weight is 285 g/mol. The van der Waals surface area contributed by atoms with Crippen molar-refractivity contribution >= 4 is 0 Å². The predicted octanol–water partition coefficient (Wildman–Crippen LogP) is 5.76. The Hall–Kier alpha value is -0.0400. The lowest BCUT2D eigenvalue weighted by atomic mass is 9.57. The third kappa shape index (κ3) is 5.06. The summed E-state index contributed by atoms with van der Waals surface area (Å²) in [6.45, 7) is 22.4. The predicted molar refractivity (Wildman–Crippen MR) is 90.8 cm³/mol. The highest BCUT2D eigenvalue weighted by molar-refractivity contribution is 4.95. The fourth-order valence-corrected chi connectivity index (χ4v) is 3.55. The second kappa shape index (κ2) is 7.29. The van der Waals surface area contributed by atoms with Crippen molar-refractivity contribution in [1.29, 1.82) is 0 Å². The molecule has 0 radical (unpaired) electrons. The molecule has 1 aliphatic carbocycles. The highest BCUT2D eigenvalue weighted by Gasteiger charge is 2.45. The molecule has 1 rings (SSSR count). The van der Waals surface area contributed by atoms with Crippen molar-refractivity contribution in [2.75, 3.05) is 0 Å². The molecular weight excluding hydrogens is 244 g/mol. The molecule has 0 aromatic carbocycles. The normalized spacial score (nSPS) is 31.8. The molecule has 0 aliphatic heterocycles. The summed E-state index contributed by atoms with van der Waals surface area (Å²) in [5.74, 6) is 2.21. The summed E-state index contributed by atoms with van der Waals surface area (Å²) in [6, 6.07) is 0. The summed E-state index contributed by atoms with van der Waals surface area (Å²) in [6.07, 6.45) is 2.25. The fraction of sp³-hybridized carbons (Fsp3) is 1.00. The van der Waals surface area contributed by atoms with Gasteiger partial charge in [0.1, 0.15) is 0 Å². The molecule has 1 aliphatic rings. The monoisotopic (exact) mass is 284 g/mol. The van der Waals surface area contributed by atoms with E-state index in [4.69, 9.17) is 0 Å². The van der Waals surface area contributed by atoms with Gasteiger partial charge in [-0.05, 0) is 47.3 Å². The van der Waals surface area contributed by atoms with Crippen LogP contribution in [0.1, 0.15) is 82.1 Å². The minimum atomic E-state index is -0.122. The van der Waals surface area contributed by atoms with Crippen LogP contribution in [0.3, 0.4) is 0 Å². The molecule has 0 saturated heterocycles. The van der Waals surface area contributed by atoms with E-state index in [-0.39, 0.29) is 11.5 Å². The Morgan fingerprint density at radius 3 is 1.60 bits per heavy atom. The SMILES string of the molecule is CC.CC(C)C1CC(C(C)(C)C)CC(C(C)(C)C)C1O. The molecule has 1 heteroatoms. The molecule has 1 nitrogen and oxygen atoms in total. The van der Waals surface area contributed by atoms with E-state index in [2.05, 4.69) is 55.4 Å². The molecule has 0 aromatic heterocycles. The second-order valence-electron chi connectivity index (χ2n) is 8.91. The van der Waals surface area contributed by atoms with E-state index in [1.165, 1.54) is 12.8 Å². The van der Waals surface area contributed by atoms with Gasteiger partial charge in [0.05, 0.1) is 6.10 Å². The Bertz CT molecular complexity index is 266. The zero-order valence-electron chi connectivity index (χ0n) is 15.7. The van der Waals surface area contributed by atoms with E-state index in [0.717, 1.165) is 5.92 Å². The van der Waals surface area contributed by atoms with Crippen LogP contribution in [0.25, 0.3) is 0 Å². The van der Waals surface area contributed by atoms with Gasteiger partial charge in [0.15, 0.2) is 0 Å². The summed E-state index contributed by atoms with van der Waals surface area (Å²) < 4.78 is 0. The Balaban J connectivity index is 0.00000172. The van der Waals surface area contributed by atoms with Crippen LogP contribution in [-0.4, -0.2) is 11.2 Å². The first-order valence-electron chi connectivity index (χ1n) is 8.62. The maximum atomic E-state index is 10.7. The molecule has 1 N–H and O–H groups in total. The lowest BCUT2D eigenvalue weighted by molar-refractivity contribution is -0.0808. The maximum Gasteiger partial charge on any atom is 0.0604 e. The van der Waals surface area contributed by atoms with Gasteiger partial charge in [-0.3, -0.25) is 0 Å². The van der Waals surface area contributed by atoms with Crippen molar-refractivity contribution in [2.45, 2.75) is 88.2 Å². The number of rotatable bonds is 1. The maximum absolute atomic E-state index is 10.7. The summed E-state index contributed by atoms with van der Waals surface area (Å²) in [4.78, 5) is 0. The van der Waals surface area contributed by atoms with E-state index < -0.39 is 0 Å². The molecule has 0 bridgehead atoms. The standard InChI is InChI=1S/C17H34O.C2H6/c1-11(2)13-9-12(16(3,4)5)10-14(15(13)18)17(6,7)8;1-2/h11-15,18H,9-10H2,1-8H3;1-2H3. The highest BCUT2D eigenvalue weighted by Crippen LogP contribution is 2.49. The first kappa shape index (κ1) is 20.0. The average Bonchev–Trinajstić information content (AvgIpc) is 2.28. The molecule has 0 spiro atoms. The van der Waals surface area contributed by atoms with Gasteiger partial charge in [0.25, 0.3) is 0 Å². The minimum absolute atomic E-state index is 0.122. The van der Waals surface area contributed by atoms with Gasteiger partial charge in [0, 0.05) is 0 Å². The topological polar surface area (TPSA) is 20.2 Å². The molecule has 0 aromatic rings. The van der Waals surface area contributed by atoms with Crippen molar-refractivity contribution in [3.63, 3.8) is 0 Å².